The van der Waals surface area contributed by atoms with Crippen molar-refractivity contribution in [3.63, 3.8) is 0 Å². The van der Waals surface area contributed by atoms with Gasteiger partial charge in [0.15, 0.2) is 0 Å². The Morgan fingerprint density at radius 2 is 2.43 bits per heavy atom. The second kappa shape index (κ2) is 4.11. The molecule has 4 nitrogen and oxygen atoms in total. The van der Waals surface area contributed by atoms with Crippen LogP contribution in [0.3, 0.4) is 0 Å². The molecule has 0 bridgehead atoms. The zero-order chi connectivity index (χ0) is 9.97. The molecule has 2 heterocycles. The predicted molar refractivity (Wildman–Crippen MR) is 56.0 cm³/mol. The minimum absolute atomic E-state index is 0.560. The van der Waals surface area contributed by atoms with E-state index in [0.29, 0.717) is 6.04 Å². The molecule has 1 aliphatic rings. The van der Waals surface area contributed by atoms with E-state index in [1.54, 1.807) is 0 Å². The molecule has 0 aliphatic carbocycles. The highest BCUT2D eigenvalue weighted by Crippen LogP contribution is 2.10. The molecule has 0 unspecified atom stereocenters. The average Bonchev–Trinajstić information content (AvgIpc) is 2.64. The fourth-order valence-electron chi connectivity index (χ4n) is 1.87. The van der Waals surface area contributed by atoms with Crippen molar-refractivity contribution in [1.29, 1.82) is 0 Å². The standard InChI is InChI=1S/C10H18N4/c1-9(11-2)7-13-5-6-14-10(8-13)3-4-12-14/h3-4,9,11H,5-8H2,1-2H3/t9-/m0/s1. The molecule has 14 heavy (non-hydrogen) atoms. The molecule has 1 atom stereocenters. The number of likely N-dealkylation sites (N-methyl/N-ethyl adjacent to an activating group) is 1. The van der Waals surface area contributed by atoms with Crippen LogP contribution in [0.25, 0.3) is 0 Å². The average molecular weight is 194 g/mol. The fourth-order valence-corrected chi connectivity index (χ4v) is 1.87. The smallest absolute Gasteiger partial charge is 0.0540 e. The van der Waals surface area contributed by atoms with Crippen LogP contribution in [0.15, 0.2) is 12.3 Å². The van der Waals surface area contributed by atoms with Gasteiger partial charge in [-0.15, -0.1) is 0 Å². The molecule has 0 saturated carbocycles. The molecule has 0 spiro atoms. The summed E-state index contributed by atoms with van der Waals surface area (Å²) in [5.74, 6) is 0. The van der Waals surface area contributed by atoms with E-state index in [1.165, 1.54) is 5.69 Å². The summed E-state index contributed by atoms with van der Waals surface area (Å²) in [5, 5.41) is 7.53. The highest BCUT2D eigenvalue weighted by molar-refractivity contribution is 5.02. The maximum Gasteiger partial charge on any atom is 0.0540 e. The fraction of sp³-hybridized carbons (Fsp3) is 0.700. The number of nitrogens with one attached hydrogen (secondary N) is 1. The largest absolute Gasteiger partial charge is 0.316 e. The van der Waals surface area contributed by atoms with Crippen molar-refractivity contribution in [2.45, 2.75) is 26.1 Å². The summed E-state index contributed by atoms with van der Waals surface area (Å²) in [5.41, 5.74) is 1.33. The third kappa shape index (κ3) is 1.96. The Kier molecular flexibility index (Phi) is 2.84. The molecule has 0 amide bonds. The molecule has 1 aliphatic heterocycles. The molecule has 0 radical (unpaired) electrons. The molecule has 4 heteroatoms. The van der Waals surface area contributed by atoms with Crippen LogP contribution < -0.4 is 5.32 Å². The Morgan fingerprint density at radius 3 is 3.21 bits per heavy atom. The van der Waals surface area contributed by atoms with Gasteiger partial charge >= 0.3 is 0 Å². The summed E-state index contributed by atoms with van der Waals surface area (Å²) in [6, 6.07) is 2.67. The van der Waals surface area contributed by atoms with Crippen LogP contribution >= 0.6 is 0 Å². The van der Waals surface area contributed by atoms with Gasteiger partial charge in [0.2, 0.25) is 0 Å². The van der Waals surface area contributed by atoms with E-state index >= 15 is 0 Å². The maximum atomic E-state index is 4.26. The summed E-state index contributed by atoms with van der Waals surface area (Å²) in [7, 11) is 2.01. The number of hydrogen-bond acceptors (Lipinski definition) is 3. The molecule has 0 aromatic carbocycles. The van der Waals surface area contributed by atoms with Crippen molar-refractivity contribution in [2.75, 3.05) is 20.1 Å². The van der Waals surface area contributed by atoms with Gasteiger partial charge in [0.1, 0.15) is 0 Å². The van der Waals surface area contributed by atoms with Gasteiger partial charge in [0.25, 0.3) is 0 Å². The first kappa shape index (κ1) is 9.68. The third-order valence-corrected chi connectivity index (χ3v) is 2.84. The van der Waals surface area contributed by atoms with Crippen LogP contribution in [0, 0.1) is 0 Å². The first-order valence-corrected chi connectivity index (χ1v) is 5.20. The van der Waals surface area contributed by atoms with Crippen molar-refractivity contribution in [1.82, 2.24) is 20.0 Å². The summed E-state index contributed by atoms with van der Waals surface area (Å²) in [4.78, 5) is 2.47. The number of hydrogen-bond donors (Lipinski definition) is 1. The van der Waals surface area contributed by atoms with Gasteiger partial charge < -0.3 is 5.32 Å². The van der Waals surface area contributed by atoms with Gasteiger partial charge in [-0.3, -0.25) is 9.58 Å². The minimum atomic E-state index is 0.560. The molecule has 0 fully saturated rings. The number of rotatable bonds is 3. The lowest BCUT2D eigenvalue weighted by Crippen LogP contribution is -2.41. The van der Waals surface area contributed by atoms with E-state index in [0.717, 1.165) is 26.2 Å². The van der Waals surface area contributed by atoms with Crippen LogP contribution in [0.5, 0.6) is 0 Å². The lowest BCUT2D eigenvalue weighted by atomic mass is 10.2. The number of fused-ring (bicyclic) bond motifs is 1. The molecule has 78 valence electrons. The maximum absolute atomic E-state index is 4.26. The SMILES string of the molecule is CN[C@@H](C)CN1CCn2nccc2C1. The van der Waals surface area contributed by atoms with E-state index < -0.39 is 0 Å². The van der Waals surface area contributed by atoms with Crippen molar-refractivity contribution in [2.24, 2.45) is 0 Å². The molecular formula is C10H18N4. The van der Waals surface area contributed by atoms with E-state index in [-0.39, 0.29) is 0 Å². The quantitative estimate of drug-likeness (QED) is 0.751. The van der Waals surface area contributed by atoms with Gasteiger partial charge in [0, 0.05) is 31.9 Å². The van der Waals surface area contributed by atoms with Crippen molar-refractivity contribution in [3.8, 4) is 0 Å². The highest BCUT2D eigenvalue weighted by atomic mass is 15.3. The zero-order valence-electron chi connectivity index (χ0n) is 8.90. The molecule has 2 rings (SSSR count). The van der Waals surface area contributed by atoms with Gasteiger partial charge in [-0.1, -0.05) is 0 Å². The number of nitrogens with zero attached hydrogens (tertiary/aromatic N) is 3. The first-order valence-electron chi connectivity index (χ1n) is 5.20. The Morgan fingerprint density at radius 1 is 1.57 bits per heavy atom. The van der Waals surface area contributed by atoms with Crippen LogP contribution in [0.2, 0.25) is 0 Å². The van der Waals surface area contributed by atoms with Crippen LogP contribution in [0.4, 0.5) is 0 Å². The topological polar surface area (TPSA) is 33.1 Å². The summed E-state index contributed by atoms with van der Waals surface area (Å²) >= 11 is 0. The lowest BCUT2D eigenvalue weighted by molar-refractivity contribution is 0.198. The monoisotopic (exact) mass is 194 g/mol. The predicted octanol–water partition coefficient (Wildman–Crippen LogP) is 0.307. The van der Waals surface area contributed by atoms with E-state index in [4.69, 9.17) is 0 Å². The van der Waals surface area contributed by atoms with Gasteiger partial charge in [-0.25, -0.2) is 0 Å². The third-order valence-electron chi connectivity index (χ3n) is 2.84. The Balaban J connectivity index is 1.94. The van der Waals surface area contributed by atoms with Gasteiger partial charge in [-0.05, 0) is 20.0 Å². The van der Waals surface area contributed by atoms with Crippen LogP contribution in [-0.4, -0.2) is 40.9 Å². The van der Waals surface area contributed by atoms with E-state index in [1.807, 2.05) is 13.2 Å². The van der Waals surface area contributed by atoms with Gasteiger partial charge in [-0.2, -0.15) is 5.10 Å². The van der Waals surface area contributed by atoms with E-state index in [9.17, 15) is 0 Å². The first-order chi connectivity index (χ1) is 6.79. The van der Waals surface area contributed by atoms with Crippen LogP contribution in [-0.2, 0) is 13.1 Å². The summed E-state index contributed by atoms with van der Waals surface area (Å²) in [6.07, 6.45) is 1.89. The summed E-state index contributed by atoms with van der Waals surface area (Å²) < 4.78 is 2.10. The minimum Gasteiger partial charge on any atom is -0.316 e. The zero-order valence-corrected chi connectivity index (χ0v) is 8.90. The molecule has 1 N–H and O–H groups in total. The number of aromatic nitrogens is 2. The second-order valence-corrected chi connectivity index (χ2v) is 3.97. The molecule has 1 aromatic rings. The second-order valence-electron chi connectivity index (χ2n) is 3.97. The normalized spacial score (nSPS) is 19.3. The van der Waals surface area contributed by atoms with Crippen molar-refractivity contribution >= 4 is 0 Å². The van der Waals surface area contributed by atoms with Gasteiger partial charge in [0.05, 0.1) is 12.2 Å². The Bertz CT molecular complexity index is 294. The highest BCUT2D eigenvalue weighted by Gasteiger charge is 2.17. The van der Waals surface area contributed by atoms with E-state index in [2.05, 4.69) is 33.0 Å². The van der Waals surface area contributed by atoms with Crippen LogP contribution in [0.1, 0.15) is 12.6 Å². The molecule has 1 aromatic heterocycles. The lowest BCUT2D eigenvalue weighted by Gasteiger charge is -2.29. The molecular weight excluding hydrogens is 176 g/mol. The summed E-state index contributed by atoms with van der Waals surface area (Å²) in [6.45, 7) is 6.50. The molecule has 0 saturated heterocycles. The van der Waals surface area contributed by atoms with Crippen molar-refractivity contribution in [3.05, 3.63) is 18.0 Å². The Hall–Kier alpha value is -0.870. The van der Waals surface area contributed by atoms with Crippen molar-refractivity contribution < 1.29 is 0 Å². The Labute approximate surface area is 84.9 Å².